The molecular formula is C14H28N2. The second-order valence-corrected chi connectivity index (χ2v) is 6.62. The van der Waals surface area contributed by atoms with Gasteiger partial charge in [0.15, 0.2) is 0 Å². The molecule has 2 fully saturated rings. The summed E-state index contributed by atoms with van der Waals surface area (Å²) in [7, 11) is 0. The normalized spacial score (nSPS) is 40.1. The van der Waals surface area contributed by atoms with Gasteiger partial charge in [0.25, 0.3) is 0 Å². The summed E-state index contributed by atoms with van der Waals surface area (Å²) in [5.74, 6) is 0.743. The summed E-state index contributed by atoms with van der Waals surface area (Å²) >= 11 is 0. The van der Waals surface area contributed by atoms with Crippen LogP contribution in [0, 0.1) is 11.3 Å². The van der Waals surface area contributed by atoms with E-state index in [1.807, 2.05) is 0 Å². The van der Waals surface area contributed by atoms with Crippen LogP contribution in [0.3, 0.4) is 0 Å². The Kier molecular flexibility index (Phi) is 3.60. The van der Waals surface area contributed by atoms with Crippen molar-refractivity contribution < 1.29 is 0 Å². The highest BCUT2D eigenvalue weighted by atomic mass is 15.2. The highest BCUT2D eigenvalue weighted by molar-refractivity contribution is 4.95. The zero-order valence-electron chi connectivity index (χ0n) is 11.2. The molecule has 3 unspecified atom stereocenters. The van der Waals surface area contributed by atoms with E-state index in [1.165, 1.54) is 38.6 Å². The van der Waals surface area contributed by atoms with Gasteiger partial charge in [-0.1, -0.05) is 20.3 Å². The summed E-state index contributed by atoms with van der Waals surface area (Å²) in [6.07, 6.45) is 6.88. The number of hydrogen-bond donors (Lipinski definition) is 1. The van der Waals surface area contributed by atoms with Crippen LogP contribution in [0.5, 0.6) is 0 Å². The lowest BCUT2D eigenvalue weighted by molar-refractivity contribution is 0.0299. The van der Waals surface area contributed by atoms with Crippen molar-refractivity contribution in [3.63, 3.8) is 0 Å². The highest BCUT2D eigenvalue weighted by Gasteiger charge is 2.41. The number of hydrogen-bond acceptors (Lipinski definition) is 2. The summed E-state index contributed by atoms with van der Waals surface area (Å²) in [5.41, 5.74) is 6.37. The maximum Gasteiger partial charge on any atom is 0.0149 e. The Hall–Kier alpha value is -0.0800. The Labute approximate surface area is 101 Å². The van der Waals surface area contributed by atoms with Crippen LogP contribution in [0.4, 0.5) is 0 Å². The molecule has 2 N–H and O–H groups in total. The van der Waals surface area contributed by atoms with Gasteiger partial charge in [-0.2, -0.15) is 0 Å². The molecule has 3 atom stereocenters. The molecule has 1 saturated carbocycles. The van der Waals surface area contributed by atoms with E-state index in [4.69, 9.17) is 5.73 Å². The first-order valence-corrected chi connectivity index (χ1v) is 7.00. The molecule has 1 saturated heterocycles. The molecule has 2 rings (SSSR count). The van der Waals surface area contributed by atoms with Crippen LogP contribution in [0.2, 0.25) is 0 Å². The summed E-state index contributed by atoms with van der Waals surface area (Å²) in [5, 5.41) is 0. The summed E-state index contributed by atoms with van der Waals surface area (Å²) in [6.45, 7) is 9.41. The van der Waals surface area contributed by atoms with Crippen LogP contribution >= 0.6 is 0 Å². The van der Waals surface area contributed by atoms with Crippen molar-refractivity contribution in [3.8, 4) is 0 Å². The lowest BCUT2D eigenvalue weighted by atomic mass is 9.83. The average Bonchev–Trinajstić information content (AvgIpc) is 2.59. The van der Waals surface area contributed by atoms with Crippen molar-refractivity contribution in [2.45, 2.75) is 65.0 Å². The van der Waals surface area contributed by atoms with Gasteiger partial charge < -0.3 is 5.73 Å². The zero-order chi connectivity index (χ0) is 11.8. The third-order valence-electron chi connectivity index (χ3n) is 4.96. The fourth-order valence-corrected chi connectivity index (χ4v) is 3.76. The quantitative estimate of drug-likeness (QED) is 0.781. The Morgan fingerprint density at radius 2 is 2.00 bits per heavy atom. The molecule has 1 heterocycles. The smallest absolute Gasteiger partial charge is 0.0149 e. The van der Waals surface area contributed by atoms with E-state index in [2.05, 4.69) is 25.7 Å². The van der Waals surface area contributed by atoms with Gasteiger partial charge in [-0.15, -0.1) is 0 Å². The second kappa shape index (κ2) is 4.66. The molecule has 0 aromatic heterocycles. The topological polar surface area (TPSA) is 29.3 Å². The third-order valence-corrected chi connectivity index (χ3v) is 4.96. The molecule has 94 valence electrons. The lowest BCUT2D eigenvalue weighted by Crippen LogP contribution is -2.52. The number of nitrogens with zero attached hydrogens (tertiary/aromatic N) is 1. The first kappa shape index (κ1) is 12.4. The number of piperidine rings is 1. The van der Waals surface area contributed by atoms with E-state index >= 15 is 0 Å². The first-order chi connectivity index (χ1) is 7.54. The Morgan fingerprint density at radius 3 is 2.56 bits per heavy atom. The molecule has 2 nitrogen and oxygen atoms in total. The summed E-state index contributed by atoms with van der Waals surface area (Å²) < 4.78 is 0. The monoisotopic (exact) mass is 224 g/mol. The van der Waals surface area contributed by atoms with Gasteiger partial charge in [-0.3, -0.25) is 4.90 Å². The molecule has 2 aliphatic rings. The van der Waals surface area contributed by atoms with Gasteiger partial charge in [0.1, 0.15) is 0 Å². The minimum absolute atomic E-state index is 0.519. The minimum atomic E-state index is 0.519. The Balaban J connectivity index is 2.06. The predicted octanol–water partition coefficient (Wildman–Crippen LogP) is 2.62. The second-order valence-electron chi connectivity index (χ2n) is 6.62. The largest absolute Gasteiger partial charge is 0.330 e. The molecule has 0 amide bonds. The van der Waals surface area contributed by atoms with Crippen LogP contribution in [0.25, 0.3) is 0 Å². The fourth-order valence-electron chi connectivity index (χ4n) is 3.76. The fraction of sp³-hybridized carbons (Fsp3) is 1.00. The average molecular weight is 224 g/mol. The maximum absolute atomic E-state index is 5.85. The molecule has 16 heavy (non-hydrogen) atoms. The molecule has 0 aromatic carbocycles. The molecule has 1 aliphatic carbocycles. The van der Waals surface area contributed by atoms with Crippen molar-refractivity contribution in [3.05, 3.63) is 0 Å². The van der Waals surface area contributed by atoms with Crippen LogP contribution in [-0.4, -0.2) is 30.1 Å². The van der Waals surface area contributed by atoms with Gasteiger partial charge in [-0.25, -0.2) is 0 Å². The van der Waals surface area contributed by atoms with E-state index in [0.717, 1.165) is 24.5 Å². The number of rotatable bonds is 2. The maximum atomic E-state index is 5.85. The van der Waals surface area contributed by atoms with Crippen molar-refractivity contribution in [2.75, 3.05) is 13.1 Å². The molecule has 0 bridgehead atoms. The van der Waals surface area contributed by atoms with Crippen LogP contribution in [-0.2, 0) is 0 Å². The van der Waals surface area contributed by atoms with Gasteiger partial charge in [-0.05, 0) is 50.5 Å². The van der Waals surface area contributed by atoms with Gasteiger partial charge >= 0.3 is 0 Å². The molecule has 2 heteroatoms. The molecular weight excluding hydrogens is 196 g/mol. The van der Waals surface area contributed by atoms with Crippen molar-refractivity contribution in [1.29, 1.82) is 0 Å². The van der Waals surface area contributed by atoms with E-state index in [9.17, 15) is 0 Å². The molecule has 1 aliphatic heterocycles. The lowest BCUT2D eigenvalue weighted by Gasteiger charge is -2.46. The summed E-state index contributed by atoms with van der Waals surface area (Å²) in [6, 6.07) is 1.57. The minimum Gasteiger partial charge on any atom is -0.330 e. The highest BCUT2D eigenvalue weighted by Crippen LogP contribution is 2.42. The van der Waals surface area contributed by atoms with Crippen molar-refractivity contribution >= 4 is 0 Å². The standard InChI is InChI=1S/C14H28N2/c1-11-6-7-12(9-15)10-16(11)13-5-4-8-14(13,2)3/h11-13H,4-10,15H2,1-3H3. The van der Waals surface area contributed by atoms with Crippen LogP contribution in [0.15, 0.2) is 0 Å². The molecule has 0 spiro atoms. The van der Waals surface area contributed by atoms with E-state index < -0.39 is 0 Å². The molecule has 0 aromatic rings. The van der Waals surface area contributed by atoms with Crippen LogP contribution < -0.4 is 5.73 Å². The number of likely N-dealkylation sites (tertiary alicyclic amines) is 1. The van der Waals surface area contributed by atoms with Gasteiger partial charge in [0.2, 0.25) is 0 Å². The van der Waals surface area contributed by atoms with E-state index in [1.54, 1.807) is 0 Å². The molecule has 0 radical (unpaired) electrons. The Bertz CT molecular complexity index is 237. The zero-order valence-corrected chi connectivity index (χ0v) is 11.2. The van der Waals surface area contributed by atoms with Gasteiger partial charge in [0.05, 0.1) is 0 Å². The van der Waals surface area contributed by atoms with E-state index in [0.29, 0.717) is 5.41 Å². The van der Waals surface area contributed by atoms with E-state index in [-0.39, 0.29) is 0 Å². The first-order valence-electron chi connectivity index (χ1n) is 7.00. The van der Waals surface area contributed by atoms with Crippen molar-refractivity contribution in [2.24, 2.45) is 17.1 Å². The summed E-state index contributed by atoms with van der Waals surface area (Å²) in [4.78, 5) is 2.77. The van der Waals surface area contributed by atoms with Crippen LogP contribution in [0.1, 0.15) is 52.9 Å². The Morgan fingerprint density at radius 1 is 1.25 bits per heavy atom. The number of nitrogens with two attached hydrogens (primary N) is 1. The van der Waals surface area contributed by atoms with Gasteiger partial charge in [0, 0.05) is 18.6 Å². The predicted molar refractivity (Wildman–Crippen MR) is 69.4 cm³/mol. The third kappa shape index (κ3) is 2.28. The van der Waals surface area contributed by atoms with Crippen molar-refractivity contribution in [1.82, 2.24) is 4.90 Å². The SMILES string of the molecule is CC1CCC(CN)CN1C1CCCC1(C)C.